The summed E-state index contributed by atoms with van der Waals surface area (Å²) in [6.07, 6.45) is 1.84. The van der Waals surface area contributed by atoms with Crippen LogP contribution < -0.4 is 0 Å². The van der Waals surface area contributed by atoms with Crippen molar-refractivity contribution in [2.75, 3.05) is 7.05 Å². The van der Waals surface area contributed by atoms with E-state index >= 15 is 0 Å². The first kappa shape index (κ1) is 17.0. The molecule has 2 aromatic carbocycles. The Bertz CT molecular complexity index is 1090. The number of fused-ring (bicyclic) bond motifs is 1. The maximum atomic E-state index is 13.9. The quantitative estimate of drug-likeness (QED) is 0.545. The van der Waals surface area contributed by atoms with Crippen molar-refractivity contribution in [3.05, 3.63) is 89.3 Å². The fraction of sp³-hybridized carbons (Fsp3) is 0.150. The molecule has 4 aromatic rings. The minimum atomic E-state index is -0.350. The van der Waals surface area contributed by atoms with E-state index in [0.29, 0.717) is 17.7 Å². The van der Waals surface area contributed by atoms with Gasteiger partial charge >= 0.3 is 5.84 Å². The van der Waals surface area contributed by atoms with Gasteiger partial charge in [-0.3, -0.25) is 4.79 Å². The van der Waals surface area contributed by atoms with E-state index in [1.807, 2.05) is 30.3 Å². The molecule has 0 aliphatic rings. The molecular weight excluding hydrogens is 347 g/mol. The smallest absolute Gasteiger partial charge is 0.325 e. The normalized spacial score (nSPS) is 11.0. The number of benzene rings is 2. The highest BCUT2D eigenvalue weighted by molar-refractivity contribution is 5.93. The Balaban J connectivity index is 1.66. The number of amides is 1. The molecule has 7 heteroatoms. The third kappa shape index (κ3) is 3.31. The van der Waals surface area contributed by atoms with E-state index in [-0.39, 0.29) is 29.9 Å². The highest BCUT2D eigenvalue weighted by atomic mass is 19.1. The predicted octanol–water partition coefficient (Wildman–Crippen LogP) is 3.32. The fourth-order valence-electron chi connectivity index (χ4n) is 2.97. The summed E-state index contributed by atoms with van der Waals surface area (Å²) < 4.78 is 21.1. The Hall–Kier alpha value is -3.48. The first-order chi connectivity index (χ1) is 13.1. The van der Waals surface area contributed by atoms with Gasteiger partial charge in [-0.25, -0.2) is 4.39 Å². The average Bonchev–Trinajstić information content (AvgIpc) is 3.26. The molecule has 6 nitrogen and oxygen atoms in total. The zero-order valence-corrected chi connectivity index (χ0v) is 14.7. The van der Waals surface area contributed by atoms with Gasteiger partial charge in [0.25, 0.3) is 5.91 Å². The lowest BCUT2D eigenvalue weighted by molar-refractivity contribution is 0.0752. The highest BCUT2D eigenvalue weighted by Gasteiger charge is 2.25. The van der Waals surface area contributed by atoms with Gasteiger partial charge in [0.2, 0.25) is 5.76 Å². The topological polar surface area (TPSA) is 63.6 Å². The molecule has 0 fully saturated rings. The monoisotopic (exact) mass is 364 g/mol. The average molecular weight is 364 g/mol. The van der Waals surface area contributed by atoms with Gasteiger partial charge in [-0.05, 0) is 11.6 Å². The number of aromatic nitrogens is 3. The number of halogens is 1. The molecule has 136 valence electrons. The summed E-state index contributed by atoms with van der Waals surface area (Å²) in [6, 6.07) is 16.1. The van der Waals surface area contributed by atoms with Gasteiger partial charge < -0.3 is 9.32 Å². The molecule has 0 spiro atoms. The Morgan fingerprint density at radius 2 is 1.89 bits per heavy atom. The van der Waals surface area contributed by atoms with E-state index in [1.165, 1.54) is 21.8 Å². The maximum absolute atomic E-state index is 13.9. The van der Waals surface area contributed by atoms with Crippen LogP contribution in [0, 0.1) is 5.82 Å². The molecule has 27 heavy (non-hydrogen) atoms. The van der Waals surface area contributed by atoms with Crippen LogP contribution >= 0.6 is 0 Å². The summed E-state index contributed by atoms with van der Waals surface area (Å²) >= 11 is 0. The minimum Gasteiger partial charge on any atom is -0.416 e. The van der Waals surface area contributed by atoms with Gasteiger partial charge in [-0.1, -0.05) is 48.5 Å². The summed E-state index contributed by atoms with van der Waals surface area (Å²) in [5.74, 6) is -0.286. The van der Waals surface area contributed by atoms with E-state index in [2.05, 4.69) is 10.1 Å². The van der Waals surface area contributed by atoms with Crippen LogP contribution in [0.2, 0.25) is 0 Å². The lowest BCUT2D eigenvalue weighted by Crippen LogP contribution is -2.27. The molecule has 0 atom stereocenters. The van der Waals surface area contributed by atoms with Crippen molar-refractivity contribution in [2.24, 2.45) is 0 Å². The third-order valence-corrected chi connectivity index (χ3v) is 4.35. The summed E-state index contributed by atoms with van der Waals surface area (Å²) in [5, 5.41) is 4.16. The Morgan fingerprint density at radius 1 is 1.15 bits per heavy atom. The summed E-state index contributed by atoms with van der Waals surface area (Å²) in [4.78, 5) is 18.4. The molecule has 2 heterocycles. The summed E-state index contributed by atoms with van der Waals surface area (Å²) in [7, 11) is 1.61. The van der Waals surface area contributed by atoms with Crippen LogP contribution in [0.1, 0.15) is 27.4 Å². The van der Waals surface area contributed by atoms with Crippen LogP contribution in [0.4, 0.5) is 4.39 Å². The molecule has 0 aliphatic heterocycles. The zero-order valence-electron chi connectivity index (χ0n) is 14.7. The largest absolute Gasteiger partial charge is 0.416 e. The summed E-state index contributed by atoms with van der Waals surface area (Å²) in [6.45, 7) is 0.132. The number of carbonyl (C=O) groups excluding carboxylic acids is 1. The SMILES string of the molecule is CN(Cc1ccccc1F)C(=O)c1oc2ncnn2c1Cc1ccccc1. The van der Waals surface area contributed by atoms with Crippen molar-refractivity contribution < 1.29 is 13.6 Å². The standard InChI is InChI=1S/C20H17FN4O2/c1-24(12-15-9-5-6-10-16(15)21)19(26)18-17(11-14-7-3-2-4-8-14)25-20(27-18)22-13-23-25/h2-10,13H,11-12H2,1H3. The molecule has 0 aliphatic carbocycles. The molecule has 0 radical (unpaired) electrons. The second-order valence-electron chi connectivity index (χ2n) is 6.25. The summed E-state index contributed by atoms with van der Waals surface area (Å²) in [5.41, 5.74) is 2.06. The molecule has 0 saturated heterocycles. The van der Waals surface area contributed by atoms with E-state index in [4.69, 9.17) is 4.42 Å². The van der Waals surface area contributed by atoms with Crippen molar-refractivity contribution in [3.8, 4) is 0 Å². The predicted molar refractivity (Wildman–Crippen MR) is 96.7 cm³/mol. The zero-order chi connectivity index (χ0) is 18.8. The van der Waals surface area contributed by atoms with Gasteiger partial charge in [0.1, 0.15) is 17.8 Å². The molecule has 2 aromatic heterocycles. The second-order valence-corrected chi connectivity index (χ2v) is 6.25. The van der Waals surface area contributed by atoms with E-state index < -0.39 is 0 Å². The van der Waals surface area contributed by atoms with Crippen molar-refractivity contribution in [2.45, 2.75) is 13.0 Å². The van der Waals surface area contributed by atoms with Crippen LogP contribution in [-0.4, -0.2) is 32.5 Å². The first-order valence-corrected chi connectivity index (χ1v) is 8.47. The second kappa shape index (κ2) is 7.03. The Kier molecular flexibility index (Phi) is 4.42. The lowest BCUT2D eigenvalue weighted by atomic mass is 10.1. The maximum Gasteiger partial charge on any atom is 0.325 e. The van der Waals surface area contributed by atoms with Crippen LogP contribution in [0.5, 0.6) is 0 Å². The van der Waals surface area contributed by atoms with Crippen LogP contribution in [0.3, 0.4) is 0 Å². The minimum absolute atomic E-state index is 0.132. The van der Waals surface area contributed by atoms with Gasteiger partial charge in [0, 0.05) is 25.6 Å². The molecule has 0 saturated carbocycles. The first-order valence-electron chi connectivity index (χ1n) is 8.47. The molecule has 0 unspecified atom stereocenters. The number of nitrogens with zero attached hydrogens (tertiary/aromatic N) is 4. The Labute approximate surface area is 154 Å². The van der Waals surface area contributed by atoms with E-state index in [9.17, 15) is 9.18 Å². The van der Waals surface area contributed by atoms with Crippen LogP contribution in [0.15, 0.2) is 65.3 Å². The van der Waals surface area contributed by atoms with Crippen molar-refractivity contribution in [3.63, 3.8) is 0 Å². The van der Waals surface area contributed by atoms with Gasteiger partial charge in [-0.15, -0.1) is 0 Å². The number of oxazole rings is 1. The molecule has 4 rings (SSSR count). The van der Waals surface area contributed by atoms with E-state index in [0.717, 1.165) is 5.56 Å². The van der Waals surface area contributed by atoms with E-state index in [1.54, 1.807) is 25.2 Å². The van der Waals surface area contributed by atoms with Gasteiger partial charge in [0.15, 0.2) is 0 Å². The number of rotatable bonds is 5. The number of hydrogen-bond acceptors (Lipinski definition) is 4. The Morgan fingerprint density at radius 3 is 2.67 bits per heavy atom. The lowest BCUT2D eigenvalue weighted by Gasteiger charge is -2.16. The number of hydrogen-bond donors (Lipinski definition) is 0. The third-order valence-electron chi connectivity index (χ3n) is 4.35. The van der Waals surface area contributed by atoms with Crippen LogP contribution in [0.25, 0.3) is 5.84 Å². The van der Waals surface area contributed by atoms with Crippen molar-refractivity contribution in [1.82, 2.24) is 19.5 Å². The van der Waals surface area contributed by atoms with Gasteiger partial charge in [0.05, 0.1) is 0 Å². The van der Waals surface area contributed by atoms with Crippen molar-refractivity contribution in [1.29, 1.82) is 0 Å². The molecule has 0 bridgehead atoms. The fourth-order valence-corrected chi connectivity index (χ4v) is 2.97. The number of carbonyl (C=O) groups is 1. The van der Waals surface area contributed by atoms with Crippen molar-refractivity contribution >= 4 is 11.8 Å². The van der Waals surface area contributed by atoms with Gasteiger partial charge in [-0.2, -0.15) is 14.6 Å². The molecular formula is C20H17FN4O2. The highest BCUT2D eigenvalue weighted by Crippen LogP contribution is 2.21. The molecule has 1 amide bonds. The van der Waals surface area contributed by atoms with Crippen LogP contribution in [-0.2, 0) is 13.0 Å². The molecule has 0 N–H and O–H groups in total.